The Bertz CT molecular complexity index is 944. The van der Waals surface area contributed by atoms with E-state index in [0.717, 1.165) is 33.7 Å². The van der Waals surface area contributed by atoms with Gasteiger partial charge in [-0.25, -0.2) is 9.97 Å². The first-order valence-corrected chi connectivity index (χ1v) is 8.72. The molecule has 3 aromatic rings. The molecule has 1 amide bonds. The normalized spacial score (nSPS) is 11.6. The van der Waals surface area contributed by atoms with Crippen LogP contribution in [0.15, 0.2) is 30.3 Å². The van der Waals surface area contributed by atoms with Gasteiger partial charge in [-0.15, -0.1) is 0 Å². The van der Waals surface area contributed by atoms with Crippen molar-refractivity contribution in [3.63, 3.8) is 0 Å². The van der Waals surface area contributed by atoms with Gasteiger partial charge in [-0.3, -0.25) is 4.79 Å². The molecule has 6 heteroatoms. The van der Waals surface area contributed by atoms with Crippen molar-refractivity contribution >= 4 is 22.8 Å². The lowest BCUT2D eigenvalue weighted by atomic mass is 10.1. The number of hydrogen-bond acceptors (Lipinski definition) is 4. The van der Waals surface area contributed by atoms with Crippen LogP contribution in [-0.4, -0.2) is 32.9 Å². The maximum Gasteiger partial charge on any atom is 0.217 e. The molecule has 0 unspecified atom stereocenters. The molecule has 6 nitrogen and oxygen atoms in total. The molecule has 1 aromatic carbocycles. The summed E-state index contributed by atoms with van der Waals surface area (Å²) in [5.74, 6) is 1.39. The number of fused-ring (bicyclic) bond motifs is 1. The van der Waals surface area contributed by atoms with E-state index in [1.807, 2.05) is 51.1 Å². The summed E-state index contributed by atoms with van der Waals surface area (Å²) in [7, 11) is 0. The number of nitrogens with one attached hydrogen (secondary N) is 3. The first-order chi connectivity index (χ1) is 12.3. The molecule has 0 radical (unpaired) electrons. The van der Waals surface area contributed by atoms with Crippen molar-refractivity contribution in [1.29, 1.82) is 0 Å². The summed E-state index contributed by atoms with van der Waals surface area (Å²) in [4.78, 5) is 24.2. The largest absolute Gasteiger partial charge is 0.367 e. The number of H-pyrrole nitrogens is 1. The molecule has 26 heavy (non-hydrogen) atoms. The van der Waals surface area contributed by atoms with Gasteiger partial charge in [0.2, 0.25) is 5.91 Å². The van der Waals surface area contributed by atoms with Crippen LogP contribution in [0.2, 0.25) is 0 Å². The highest BCUT2D eigenvalue weighted by atomic mass is 16.1. The number of rotatable bonds is 5. The van der Waals surface area contributed by atoms with Crippen LogP contribution in [0.3, 0.4) is 0 Å². The number of hydrogen-bond donors (Lipinski definition) is 3. The molecular weight excluding hydrogens is 326 g/mol. The van der Waals surface area contributed by atoms with Gasteiger partial charge in [0.05, 0.1) is 10.9 Å². The van der Waals surface area contributed by atoms with Gasteiger partial charge in [0, 0.05) is 24.7 Å². The topological polar surface area (TPSA) is 82.7 Å². The molecule has 0 saturated carbocycles. The summed E-state index contributed by atoms with van der Waals surface area (Å²) in [5.41, 5.74) is 3.58. The lowest BCUT2D eigenvalue weighted by molar-refractivity contribution is -0.120. The van der Waals surface area contributed by atoms with Gasteiger partial charge in [-0.05, 0) is 33.3 Å². The lowest BCUT2D eigenvalue weighted by Gasteiger charge is -2.26. The van der Waals surface area contributed by atoms with Crippen molar-refractivity contribution in [2.75, 3.05) is 11.9 Å². The molecule has 2 aromatic heterocycles. The molecule has 0 aliphatic heterocycles. The first kappa shape index (κ1) is 17.9. The Labute approximate surface area is 153 Å². The molecule has 3 rings (SSSR count). The first-order valence-electron chi connectivity index (χ1n) is 8.72. The van der Waals surface area contributed by atoms with E-state index in [0.29, 0.717) is 12.4 Å². The van der Waals surface area contributed by atoms with E-state index in [-0.39, 0.29) is 5.91 Å². The van der Waals surface area contributed by atoms with E-state index in [1.165, 1.54) is 6.92 Å². The minimum atomic E-state index is -0.394. The zero-order valence-electron chi connectivity index (χ0n) is 15.9. The third kappa shape index (κ3) is 3.69. The summed E-state index contributed by atoms with van der Waals surface area (Å²) < 4.78 is 0. The second-order valence-corrected chi connectivity index (χ2v) is 7.28. The highest BCUT2D eigenvalue weighted by molar-refractivity contribution is 5.92. The quantitative estimate of drug-likeness (QED) is 0.656. The third-order valence-corrected chi connectivity index (χ3v) is 4.40. The lowest BCUT2D eigenvalue weighted by Crippen LogP contribution is -2.47. The number of aromatic amines is 1. The molecular formula is C20H25N5O. The number of anilines is 1. The van der Waals surface area contributed by atoms with Crippen molar-refractivity contribution in [1.82, 2.24) is 20.3 Å². The Morgan fingerprint density at radius 2 is 1.85 bits per heavy atom. The number of nitrogens with zero attached hydrogens (tertiary/aromatic N) is 2. The van der Waals surface area contributed by atoms with Gasteiger partial charge in [0.25, 0.3) is 0 Å². The minimum Gasteiger partial charge on any atom is -0.367 e. The molecule has 0 atom stereocenters. The standard InChI is InChI=1S/C20H25N5O/c1-12-13(2)22-19-16(12)18(21-11-20(4,5)25-14(3)26)23-17(24-19)15-9-7-6-8-10-15/h6-10H,11H2,1-5H3,(H,25,26)(H2,21,22,23,24). The maximum absolute atomic E-state index is 11.4. The van der Waals surface area contributed by atoms with Crippen LogP contribution in [0, 0.1) is 13.8 Å². The van der Waals surface area contributed by atoms with Gasteiger partial charge in [0.1, 0.15) is 11.5 Å². The number of aromatic nitrogens is 3. The predicted octanol–water partition coefficient (Wildman–Crippen LogP) is 3.57. The zero-order chi connectivity index (χ0) is 18.9. The molecule has 0 aliphatic rings. The summed E-state index contributed by atoms with van der Waals surface area (Å²) in [6, 6.07) is 9.91. The highest BCUT2D eigenvalue weighted by Crippen LogP contribution is 2.29. The van der Waals surface area contributed by atoms with E-state index < -0.39 is 5.54 Å². The average molecular weight is 351 g/mol. The number of carbonyl (C=O) groups excluding carboxylic acids is 1. The monoisotopic (exact) mass is 351 g/mol. The number of carbonyl (C=O) groups is 1. The van der Waals surface area contributed by atoms with Crippen LogP contribution in [0.25, 0.3) is 22.4 Å². The Morgan fingerprint density at radius 3 is 2.50 bits per heavy atom. The third-order valence-electron chi connectivity index (χ3n) is 4.40. The van der Waals surface area contributed by atoms with E-state index in [4.69, 9.17) is 9.97 Å². The second kappa shape index (κ2) is 6.78. The van der Waals surface area contributed by atoms with Crippen LogP contribution in [0.5, 0.6) is 0 Å². The van der Waals surface area contributed by atoms with Gasteiger partial charge in [-0.1, -0.05) is 30.3 Å². The van der Waals surface area contributed by atoms with E-state index in [1.54, 1.807) is 0 Å². The number of amides is 1. The minimum absolute atomic E-state index is 0.0525. The van der Waals surface area contributed by atoms with E-state index in [9.17, 15) is 4.79 Å². The number of benzene rings is 1. The fourth-order valence-corrected chi connectivity index (χ4v) is 3.03. The fourth-order valence-electron chi connectivity index (χ4n) is 3.03. The zero-order valence-corrected chi connectivity index (χ0v) is 15.9. The Hall–Kier alpha value is -2.89. The predicted molar refractivity (Wildman–Crippen MR) is 105 cm³/mol. The summed E-state index contributed by atoms with van der Waals surface area (Å²) in [6.45, 7) is 10.1. The fraction of sp³-hybridized carbons (Fsp3) is 0.350. The van der Waals surface area contributed by atoms with Gasteiger partial charge < -0.3 is 15.6 Å². The van der Waals surface area contributed by atoms with Crippen LogP contribution >= 0.6 is 0 Å². The Kier molecular flexibility index (Phi) is 4.68. The number of aryl methyl sites for hydroxylation is 2. The summed E-state index contributed by atoms with van der Waals surface area (Å²) in [6.07, 6.45) is 0. The van der Waals surface area contributed by atoms with Crippen molar-refractivity contribution in [3.8, 4) is 11.4 Å². The van der Waals surface area contributed by atoms with Crippen molar-refractivity contribution in [3.05, 3.63) is 41.6 Å². The highest BCUT2D eigenvalue weighted by Gasteiger charge is 2.21. The molecule has 2 heterocycles. The van der Waals surface area contributed by atoms with Crippen LogP contribution in [0.4, 0.5) is 5.82 Å². The molecule has 0 spiro atoms. The molecule has 0 fully saturated rings. The molecule has 0 saturated heterocycles. The SMILES string of the molecule is CC(=O)NC(C)(C)CNc1nc(-c2ccccc2)nc2[nH]c(C)c(C)c12. The molecule has 0 bridgehead atoms. The van der Waals surface area contributed by atoms with Gasteiger partial charge in [-0.2, -0.15) is 0 Å². The summed E-state index contributed by atoms with van der Waals surface area (Å²) >= 11 is 0. The van der Waals surface area contributed by atoms with Crippen LogP contribution in [-0.2, 0) is 4.79 Å². The van der Waals surface area contributed by atoms with Gasteiger partial charge >= 0.3 is 0 Å². The van der Waals surface area contributed by atoms with Crippen LogP contribution < -0.4 is 10.6 Å². The molecule has 136 valence electrons. The maximum atomic E-state index is 11.4. The van der Waals surface area contributed by atoms with Crippen molar-refractivity contribution in [2.24, 2.45) is 0 Å². The summed E-state index contributed by atoms with van der Waals surface area (Å²) in [5, 5.41) is 7.35. The van der Waals surface area contributed by atoms with E-state index in [2.05, 4.69) is 22.5 Å². The second-order valence-electron chi connectivity index (χ2n) is 7.28. The molecule has 3 N–H and O–H groups in total. The van der Waals surface area contributed by atoms with E-state index >= 15 is 0 Å². The van der Waals surface area contributed by atoms with Crippen LogP contribution in [0.1, 0.15) is 32.0 Å². The molecule has 0 aliphatic carbocycles. The average Bonchev–Trinajstić information content (AvgIpc) is 2.87. The van der Waals surface area contributed by atoms with Crippen molar-refractivity contribution < 1.29 is 4.79 Å². The smallest absolute Gasteiger partial charge is 0.217 e. The Balaban J connectivity index is 2.03. The van der Waals surface area contributed by atoms with Crippen molar-refractivity contribution in [2.45, 2.75) is 40.2 Å². The Morgan fingerprint density at radius 1 is 1.15 bits per heavy atom. The van der Waals surface area contributed by atoms with Gasteiger partial charge in [0.15, 0.2) is 5.82 Å².